The molecule has 4 rings (SSSR count). The van der Waals surface area contributed by atoms with Crippen molar-refractivity contribution >= 4 is 18.3 Å². The van der Waals surface area contributed by atoms with Gasteiger partial charge in [-0.3, -0.25) is 19.9 Å². The van der Waals surface area contributed by atoms with Crippen molar-refractivity contribution in [1.82, 2.24) is 20.5 Å². The summed E-state index contributed by atoms with van der Waals surface area (Å²) in [6.45, 7) is 0.577. The van der Waals surface area contributed by atoms with E-state index >= 15 is 0 Å². The number of hydrogen-bond donors (Lipinski definition) is 2. The van der Waals surface area contributed by atoms with Crippen LogP contribution in [0.5, 0.6) is 5.75 Å². The Bertz CT molecular complexity index is 1070. The molecule has 1 aliphatic heterocycles. The van der Waals surface area contributed by atoms with Crippen molar-refractivity contribution in [3.8, 4) is 17.6 Å². The number of aromatic nitrogens is 1. The second-order valence-corrected chi connectivity index (χ2v) is 7.51. The van der Waals surface area contributed by atoms with Gasteiger partial charge in [-0.05, 0) is 42.7 Å². The van der Waals surface area contributed by atoms with Crippen LogP contribution >= 0.6 is 0 Å². The number of carbonyl (C=O) groups is 3. The molecule has 0 unspecified atom stereocenters. The SMILES string of the molecule is COc1ccc2c(c1)C(=O)N(C[C@@H](C#Cc1ccc(C3CC3)nc1)NC(=O)NC=O)C2. The van der Waals surface area contributed by atoms with Gasteiger partial charge in [-0.1, -0.05) is 17.9 Å². The first-order chi connectivity index (χ1) is 15.1. The van der Waals surface area contributed by atoms with Crippen LogP contribution in [0.15, 0.2) is 36.5 Å². The number of nitrogens with one attached hydrogen (secondary N) is 2. The molecule has 1 atom stereocenters. The Balaban J connectivity index is 1.49. The molecule has 158 valence electrons. The van der Waals surface area contributed by atoms with E-state index in [2.05, 4.69) is 22.1 Å². The monoisotopic (exact) mass is 418 g/mol. The van der Waals surface area contributed by atoms with Crippen LogP contribution in [-0.2, 0) is 11.3 Å². The number of hydrogen-bond acceptors (Lipinski definition) is 5. The smallest absolute Gasteiger partial charge is 0.322 e. The lowest BCUT2D eigenvalue weighted by Gasteiger charge is -2.21. The number of amides is 4. The molecule has 1 fully saturated rings. The fraction of sp³-hybridized carbons (Fsp3) is 0.304. The van der Waals surface area contributed by atoms with Crippen LogP contribution in [0.25, 0.3) is 0 Å². The maximum Gasteiger partial charge on any atom is 0.322 e. The molecule has 0 spiro atoms. The molecule has 2 aromatic rings. The molecule has 0 saturated heterocycles. The fourth-order valence-electron chi connectivity index (χ4n) is 3.49. The Morgan fingerprint density at radius 3 is 2.87 bits per heavy atom. The number of carbonyl (C=O) groups excluding carboxylic acids is 3. The Kier molecular flexibility index (Phi) is 5.85. The van der Waals surface area contributed by atoms with Gasteiger partial charge in [0.05, 0.1) is 13.7 Å². The van der Waals surface area contributed by atoms with Crippen molar-refractivity contribution in [2.45, 2.75) is 31.3 Å². The van der Waals surface area contributed by atoms with E-state index in [4.69, 9.17) is 4.74 Å². The maximum absolute atomic E-state index is 12.8. The lowest BCUT2D eigenvalue weighted by molar-refractivity contribution is -0.108. The quantitative estimate of drug-likeness (QED) is 0.550. The number of benzene rings is 1. The topological polar surface area (TPSA) is 101 Å². The molecule has 1 aliphatic carbocycles. The first-order valence-corrected chi connectivity index (χ1v) is 10.0. The molecular weight excluding hydrogens is 396 g/mol. The van der Waals surface area contributed by atoms with Gasteiger partial charge in [0.1, 0.15) is 11.8 Å². The normalized spacial score (nSPS) is 15.4. The highest BCUT2D eigenvalue weighted by atomic mass is 16.5. The third kappa shape index (κ3) is 4.83. The highest BCUT2D eigenvalue weighted by molar-refractivity contribution is 5.98. The third-order valence-corrected chi connectivity index (χ3v) is 5.27. The van der Waals surface area contributed by atoms with Crippen molar-refractivity contribution < 1.29 is 19.1 Å². The van der Waals surface area contributed by atoms with Gasteiger partial charge in [-0.2, -0.15) is 0 Å². The summed E-state index contributed by atoms with van der Waals surface area (Å²) in [5.41, 5.74) is 3.24. The van der Waals surface area contributed by atoms with Crippen LogP contribution in [-0.4, -0.2) is 47.9 Å². The van der Waals surface area contributed by atoms with E-state index in [-0.39, 0.29) is 12.5 Å². The number of pyridine rings is 1. The number of fused-ring (bicyclic) bond motifs is 1. The van der Waals surface area contributed by atoms with Crippen molar-refractivity contribution in [3.05, 3.63) is 58.9 Å². The van der Waals surface area contributed by atoms with Crippen LogP contribution in [0, 0.1) is 11.8 Å². The summed E-state index contributed by atoms with van der Waals surface area (Å²) in [5, 5.41) is 4.67. The Morgan fingerprint density at radius 2 is 2.19 bits per heavy atom. The Morgan fingerprint density at radius 1 is 1.35 bits per heavy atom. The molecule has 31 heavy (non-hydrogen) atoms. The predicted octanol–water partition coefficient (Wildman–Crippen LogP) is 1.80. The summed E-state index contributed by atoms with van der Waals surface area (Å²) in [5.74, 6) is 7.00. The van der Waals surface area contributed by atoms with Gasteiger partial charge >= 0.3 is 6.03 Å². The zero-order valence-electron chi connectivity index (χ0n) is 17.1. The minimum atomic E-state index is -0.678. The molecule has 1 aromatic carbocycles. The molecular formula is C23H22N4O4. The van der Waals surface area contributed by atoms with Crippen LogP contribution in [0.2, 0.25) is 0 Å². The lowest BCUT2D eigenvalue weighted by atomic mass is 10.1. The fourth-order valence-corrected chi connectivity index (χ4v) is 3.49. The van der Waals surface area contributed by atoms with E-state index in [9.17, 15) is 14.4 Å². The van der Waals surface area contributed by atoms with Gasteiger partial charge in [0, 0.05) is 35.5 Å². The van der Waals surface area contributed by atoms with E-state index in [0.717, 1.165) is 11.3 Å². The van der Waals surface area contributed by atoms with Crippen LogP contribution in [0.3, 0.4) is 0 Å². The van der Waals surface area contributed by atoms with Crippen molar-refractivity contribution in [2.24, 2.45) is 0 Å². The zero-order valence-corrected chi connectivity index (χ0v) is 17.1. The van der Waals surface area contributed by atoms with Gasteiger partial charge in [0.2, 0.25) is 6.41 Å². The van der Waals surface area contributed by atoms with Gasteiger partial charge in [0.15, 0.2) is 0 Å². The minimum absolute atomic E-state index is 0.159. The molecule has 8 nitrogen and oxygen atoms in total. The summed E-state index contributed by atoms with van der Waals surface area (Å²) < 4.78 is 5.20. The minimum Gasteiger partial charge on any atom is -0.497 e. The second kappa shape index (κ2) is 8.88. The number of rotatable bonds is 6. The predicted molar refractivity (Wildman–Crippen MR) is 112 cm³/mol. The van der Waals surface area contributed by atoms with Crippen LogP contribution < -0.4 is 15.4 Å². The zero-order chi connectivity index (χ0) is 21.8. The Labute approximate surface area is 180 Å². The molecule has 0 radical (unpaired) electrons. The summed E-state index contributed by atoms with van der Waals surface area (Å²) in [7, 11) is 1.55. The number of methoxy groups -OCH3 is 1. The Hall–Kier alpha value is -3.86. The number of ether oxygens (including phenoxy) is 1. The van der Waals surface area contributed by atoms with E-state index < -0.39 is 12.1 Å². The van der Waals surface area contributed by atoms with Crippen LogP contribution in [0.4, 0.5) is 4.79 Å². The van der Waals surface area contributed by atoms with Crippen molar-refractivity contribution in [1.29, 1.82) is 0 Å². The molecule has 8 heteroatoms. The number of nitrogens with zero attached hydrogens (tertiary/aromatic N) is 2. The number of urea groups is 1. The van der Waals surface area contributed by atoms with Gasteiger partial charge in [-0.25, -0.2) is 4.79 Å². The average Bonchev–Trinajstić information content (AvgIpc) is 3.58. The average molecular weight is 418 g/mol. The molecule has 2 aliphatic rings. The maximum atomic E-state index is 12.8. The second-order valence-electron chi connectivity index (χ2n) is 7.51. The molecule has 4 amide bonds. The van der Waals surface area contributed by atoms with Gasteiger partial charge in [-0.15, -0.1) is 0 Å². The summed E-state index contributed by atoms with van der Waals surface area (Å²) >= 11 is 0. The molecule has 0 bridgehead atoms. The van der Waals surface area contributed by atoms with Crippen LogP contribution in [0.1, 0.15) is 45.9 Å². The first kappa shape index (κ1) is 20.4. The third-order valence-electron chi connectivity index (χ3n) is 5.27. The van der Waals surface area contributed by atoms with Crippen molar-refractivity contribution in [3.63, 3.8) is 0 Å². The standard InChI is InChI=1S/C23H22N4O4/c1-31-19-8-6-17-12-27(22(29)20(17)10-19)13-18(26-23(30)25-14-28)7-2-15-3-9-21(24-11-15)16-4-5-16/h3,6,8-11,14,16,18H,4-5,12-13H2,1H3,(H2,25,26,28,30)/t18-/m1/s1. The summed E-state index contributed by atoms with van der Waals surface area (Å²) in [4.78, 5) is 41.4. The highest BCUT2D eigenvalue weighted by Crippen LogP contribution is 2.38. The largest absolute Gasteiger partial charge is 0.497 e. The molecule has 1 aromatic heterocycles. The summed E-state index contributed by atoms with van der Waals surface area (Å²) in [6, 6.07) is 7.88. The summed E-state index contributed by atoms with van der Waals surface area (Å²) in [6.07, 6.45) is 4.36. The van der Waals surface area contributed by atoms with E-state index in [1.807, 2.05) is 23.5 Å². The lowest BCUT2D eigenvalue weighted by Crippen LogP contribution is -2.46. The van der Waals surface area contributed by atoms with E-state index in [1.54, 1.807) is 30.3 Å². The van der Waals surface area contributed by atoms with Gasteiger partial charge in [0.25, 0.3) is 5.91 Å². The molecule has 2 heterocycles. The van der Waals surface area contributed by atoms with E-state index in [1.165, 1.54) is 12.8 Å². The van der Waals surface area contributed by atoms with Gasteiger partial charge < -0.3 is 15.0 Å². The molecule has 2 N–H and O–H groups in total. The first-order valence-electron chi connectivity index (χ1n) is 10.0. The van der Waals surface area contributed by atoms with Crippen molar-refractivity contribution in [2.75, 3.05) is 13.7 Å². The van der Waals surface area contributed by atoms with E-state index in [0.29, 0.717) is 35.7 Å². The number of imide groups is 1. The highest BCUT2D eigenvalue weighted by Gasteiger charge is 2.29. The molecule has 1 saturated carbocycles.